The Morgan fingerprint density at radius 3 is 1.62 bits per heavy atom. The predicted octanol–water partition coefficient (Wildman–Crippen LogP) is 5.20. The maximum Gasteiger partial charge on any atom is 0.157 e. The Labute approximate surface area is 233 Å². The van der Waals surface area contributed by atoms with E-state index >= 15 is 0 Å². The second kappa shape index (κ2) is 21.5. The summed E-state index contributed by atoms with van der Waals surface area (Å²) in [6.07, 6.45) is 12.2. The van der Waals surface area contributed by atoms with E-state index < -0.39 is 5.79 Å². The number of nitrogens with one attached hydrogen (secondary N) is 4. The molecule has 4 N–H and O–H groups in total. The van der Waals surface area contributed by atoms with Crippen LogP contribution in [0.5, 0.6) is 0 Å². The SMILES string of the molecule is CCCCCCNC(NCCCCC)(C(NCCCC)C(C)(NCC)N(C)C)N(CCC)N(CC)CC. The summed E-state index contributed by atoms with van der Waals surface area (Å²) in [4.78, 5) is 2.38. The molecular weight excluding hydrogens is 458 g/mol. The fourth-order valence-corrected chi connectivity index (χ4v) is 5.45. The van der Waals surface area contributed by atoms with Crippen LogP contribution in [0, 0.1) is 0 Å². The highest BCUT2D eigenvalue weighted by atomic mass is 15.7. The zero-order valence-electron chi connectivity index (χ0n) is 26.9. The van der Waals surface area contributed by atoms with Gasteiger partial charge < -0.3 is 5.32 Å². The van der Waals surface area contributed by atoms with Crippen molar-refractivity contribution in [3.05, 3.63) is 0 Å². The summed E-state index contributed by atoms with van der Waals surface area (Å²) in [5.74, 6) is -0.434. The molecule has 37 heavy (non-hydrogen) atoms. The highest BCUT2D eigenvalue weighted by molar-refractivity contribution is 5.07. The summed E-state index contributed by atoms with van der Waals surface area (Å²) in [7, 11) is 4.45. The van der Waals surface area contributed by atoms with Gasteiger partial charge in [0.15, 0.2) is 5.79 Å². The lowest BCUT2D eigenvalue weighted by molar-refractivity contribution is -0.173. The first-order chi connectivity index (χ1) is 17.8. The summed E-state index contributed by atoms with van der Waals surface area (Å²) < 4.78 is 0. The molecule has 0 saturated carbocycles. The van der Waals surface area contributed by atoms with Crippen LogP contribution in [-0.2, 0) is 0 Å². The number of rotatable bonds is 26. The molecule has 224 valence electrons. The lowest BCUT2D eigenvalue weighted by atomic mass is 9.91. The Balaban J connectivity index is 6.93. The lowest BCUT2D eigenvalue weighted by Crippen LogP contribution is -2.86. The van der Waals surface area contributed by atoms with Crippen molar-refractivity contribution < 1.29 is 0 Å². The van der Waals surface area contributed by atoms with Crippen molar-refractivity contribution >= 4 is 0 Å². The molecule has 0 fully saturated rings. The van der Waals surface area contributed by atoms with Crippen molar-refractivity contribution in [3.63, 3.8) is 0 Å². The molecule has 0 aromatic heterocycles. The van der Waals surface area contributed by atoms with Gasteiger partial charge >= 0.3 is 0 Å². The maximum atomic E-state index is 4.19. The van der Waals surface area contributed by atoms with Crippen LogP contribution in [-0.4, -0.2) is 92.3 Å². The fraction of sp³-hybridized carbons (Fsp3) is 1.00. The van der Waals surface area contributed by atoms with Crippen LogP contribution in [0.1, 0.15) is 120 Å². The number of hydrogen-bond acceptors (Lipinski definition) is 7. The van der Waals surface area contributed by atoms with Crippen molar-refractivity contribution in [2.75, 3.05) is 59.9 Å². The Morgan fingerprint density at radius 2 is 1.16 bits per heavy atom. The number of hydrazine groups is 1. The third-order valence-electron chi connectivity index (χ3n) is 7.84. The van der Waals surface area contributed by atoms with Gasteiger partial charge in [0.05, 0.1) is 11.7 Å². The molecule has 3 unspecified atom stereocenters. The largest absolute Gasteiger partial charge is 0.307 e. The molecular formula is C30H69N7. The van der Waals surface area contributed by atoms with Crippen LogP contribution in [0.3, 0.4) is 0 Å². The Hall–Kier alpha value is -0.280. The van der Waals surface area contributed by atoms with Crippen molar-refractivity contribution in [3.8, 4) is 0 Å². The average Bonchev–Trinajstić information content (AvgIpc) is 2.88. The molecule has 7 nitrogen and oxygen atoms in total. The first-order valence-electron chi connectivity index (χ1n) is 16.0. The van der Waals surface area contributed by atoms with E-state index in [9.17, 15) is 0 Å². The van der Waals surface area contributed by atoms with Crippen molar-refractivity contribution in [2.24, 2.45) is 0 Å². The van der Waals surface area contributed by atoms with Gasteiger partial charge in [-0.3, -0.25) is 20.9 Å². The van der Waals surface area contributed by atoms with Crippen LogP contribution < -0.4 is 21.3 Å². The number of likely N-dealkylation sites (N-methyl/N-ethyl adjacent to an activating group) is 2. The van der Waals surface area contributed by atoms with Gasteiger partial charge in [-0.25, -0.2) is 10.0 Å². The van der Waals surface area contributed by atoms with Crippen molar-refractivity contribution in [1.82, 2.24) is 36.2 Å². The van der Waals surface area contributed by atoms with E-state index in [1.807, 2.05) is 0 Å². The summed E-state index contributed by atoms with van der Waals surface area (Å²) >= 11 is 0. The quantitative estimate of drug-likeness (QED) is 0.0700. The van der Waals surface area contributed by atoms with Crippen LogP contribution in [0.4, 0.5) is 0 Å². The van der Waals surface area contributed by atoms with Gasteiger partial charge in [0.25, 0.3) is 0 Å². The first-order valence-corrected chi connectivity index (χ1v) is 16.0. The minimum Gasteiger partial charge on any atom is -0.307 e. The molecule has 0 aliphatic heterocycles. The monoisotopic (exact) mass is 528 g/mol. The van der Waals surface area contributed by atoms with Crippen LogP contribution >= 0.6 is 0 Å². The van der Waals surface area contributed by atoms with E-state index in [0.29, 0.717) is 0 Å². The molecule has 0 amide bonds. The van der Waals surface area contributed by atoms with Crippen LogP contribution in [0.25, 0.3) is 0 Å². The Bertz CT molecular complexity index is 514. The Morgan fingerprint density at radius 1 is 0.622 bits per heavy atom. The lowest BCUT2D eigenvalue weighted by Gasteiger charge is -2.59. The normalized spacial score (nSPS) is 16.5. The maximum absolute atomic E-state index is 4.19. The molecule has 0 aliphatic carbocycles. The predicted molar refractivity (Wildman–Crippen MR) is 165 cm³/mol. The number of unbranched alkanes of at least 4 members (excludes halogenated alkanes) is 6. The topological polar surface area (TPSA) is 57.8 Å². The van der Waals surface area contributed by atoms with E-state index in [0.717, 1.165) is 52.2 Å². The van der Waals surface area contributed by atoms with Crippen molar-refractivity contribution in [2.45, 2.75) is 137 Å². The molecule has 0 saturated heterocycles. The molecule has 0 aromatic carbocycles. The fourth-order valence-electron chi connectivity index (χ4n) is 5.45. The summed E-state index contributed by atoms with van der Waals surface area (Å²) in [6, 6.07) is 0.0986. The minimum absolute atomic E-state index is 0.0986. The third kappa shape index (κ3) is 11.8. The van der Waals surface area contributed by atoms with Gasteiger partial charge in [-0.15, -0.1) is 0 Å². The van der Waals surface area contributed by atoms with Gasteiger partial charge in [-0.05, 0) is 72.9 Å². The molecule has 0 rings (SSSR count). The van der Waals surface area contributed by atoms with E-state index in [1.54, 1.807) is 0 Å². The summed E-state index contributed by atoms with van der Waals surface area (Å²) in [6.45, 7) is 25.3. The standard InChI is InChI=1S/C30H69N7/c1-11-18-21-23-26-34-30(33-25-22-19-12-2,37(27-14-4)36(16-6)17-7)28(31-24-20-13-3)29(8,32-15-5)35(9)10/h28,31-34H,11-27H2,1-10H3. The first kappa shape index (κ1) is 36.7. The molecule has 3 atom stereocenters. The molecule has 0 aliphatic rings. The highest BCUT2D eigenvalue weighted by Gasteiger charge is 2.53. The molecule has 0 heterocycles. The Kier molecular flexibility index (Phi) is 21.4. The highest BCUT2D eigenvalue weighted by Crippen LogP contribution is 2.28. The molecule has 0 bridgehead atoms. The number of nitrogens with zero attached hydrogens (tertiary/aromatic N) is 3. The van der Waals surface area contributed by atoms with E-state index in [-0.39, 0.29) is 11.7 Å². The average molecular weight is 528 g/mol. The minimum atomic E-state index is -0.434. The van der Waals surface area contributed by atoms with E-state index in [2.05, 4.69) is 106 Å². The molecule has 0 spiro atoms. The van der Waals surface area contributed by atoms with Crippen molar-refractivity contribution in [1.29, 1.82) is 0 Å². The van der Waals surface area contributed by atoms with Gasteiger partial charge in [0, 0.05) is 19.6 Å². The summed E-state index contributed by atoms with van der Waals surface area (Å²) in [5, 5.41) is 21.6. The molecule has 0 radical (unpaired) electrons. The van der Waals surface area contributed by atoms with E-state index in [1.165, 1.54) is 57.8 Å². The second-order valence-corrected chi connectivity index (χ2v) is 11.0. The molecule has 7 heteroatoms. The van der Waals surface area contributed by atoms with Gasteiger partial charge in [-0.1, -0.05) is 87.0 Å². The van der Waals surface area contributed by atoms with E-state index in [4.69, 9.17) is 0 Å². The second-order valence-electron chi connectivity index (χ2n) is 11.0. The van der Waals surface area contributed by atoms with Gasteiger partial charge in [0.1, 0.15) is 0 Å². The zero-order valence-corrected chi connectivity index (χ0v) is 26.9. The van der Waals surface area contributed by atoms with Gasteiger partial charge in [0.2, 0.25) is 0 Å². The zero-order chi connectivity index (χ0) is 28.2. The van der Waals surface area contributed by atoms with Crippen LogP contribution in [0.2, 0.25) is 0 Å². The smallest absolute Gasteiger partial charge is 0.157 e. The third-order valence-corrected chi connectivity index (χ3v) is 7.84. The summed E-state index contributed by atoms with van der Waals surface area (Å²) in [5.41, 5.74) is -0.268. The number of hydrogen-bond donors (Lipinski definition) is 4. The van der Waals surface area contributed by atoms with Gasteiger partial charge in [-0.2, -0.15) is 0 Å². The van der Waals surface area contributed by atoms with Crippen LogP contribution in [0.15, 0.2) is 0 Å². The molecule has 0 aromatic rings.